The molecule has 1 fully saturated rings. The van der Waals surface area contributed by atoms with Crippen LogP contribution in [0.15, 0.2) is 12.3 Å². The molecular weight excluding hydrogens is 162 g/mol. The first-order chi connectivity index (χ1) is 6.36. The van der Waals surface area contributed by atoms with Gasteiger partial charge in [-0.1, -0.05) is 6.42 Å². The van der Waals surface area contributed by atoms with Crippen molar-refractivity contribution in [1.82, 2.24) is 15.5 Å². The summed E-state index contributed by atoms with van der Waals surface area (Å²) >= 11 is 0. The molecule has 3 nitrogen and oxygen atoms in total. The van der Waals surface area contributed by atoms with Gasteiger partial charge in [0, 0.05) is 24.5 Å². The van der Waals surface area contributed by atoms with Crippen LogP contribution in [-0.2, 0) is 6.54 Å². The van der Waals surface area contributed by atoms with Gasteiger partial charge < -0.3 is 5.32 Å². The van der Waals surface area contributed by atoms with Gasteiger partial charge >= 0.3 is 0 Å². The largest absolute Gasteiger partial charge is 0.308 e. The molecule has 0 bridgehead atoms. The van der Waals surface area contributed by atoms with Crippen LogP contribution in [0.5, 0.6) is 0 Å². The second-order valence-corrected chi connectivity index (χ2v) is 3.94. The SMILES string of the molecule is CC(NCc1ccn[nH]1)C1CCC1. The summed E-state index contributed by atoms with van der Waals surface area (Å²) in [4.78, 5) is 0. The molecule has 1 aromatic heterocycles. The maximum atomic E-state index is 3.91. The molecule has 0 radical (unpaired) electrons. The lowest BCUT2D eigenvalue weighted by molar-refractivity contribution is 0.239. The highest BCUT2D eigenvalue weighted by Gasteiger charge is 2.23. The monoisotopic (exact) mass is 179 g/mol. The van der Waals surface area contributed by atoms with Gasteiger partial charge in [0.05, 0.1) is 0 Å². The molecule has 1 aromatic rings. The topological polar surface area (TPSA) is 40.7 Å². The van der Waals surface area contributed by atoms with E-state index in [0.29, 0.717) is 6.04 Å². The number of hydrogen-bond acceptors (Lipinski definition) is 2. The maximum Gasteiger partial charge on any atom is 0.0490 e. The van der Waals surface area contributed by atoms with Crippen LogP contribution in [0, 0.1) is 5.92 Å². The van der Waals surface area contributed by atoms with Crippen molar-refractivity contribution in [3.63, 3.8) is 0 Å². The normalized spacial score (nSPS) is 19.8. The third-order valence-corrected chi connectivity index (χ3v) is 3.03. The lowest BCUT2D eigenvalue weighted by Crippen LogP contribution is -2.36. The van der Waals surface area contributed by atoms with Crippen LogP contribution in [0.25, 0.3) is 0 Å². The third-order valence-electron chi connectivity index (χ3n) is 3.03. The van der Waals surface area contributed by atoms with Gasteiger partial charge in [0.15, 0.2) is 0 Å². The first kappa shape index (κ1) is 8.75. The first-order valence-corrected chi connectivity index (χ1v) is 5.08. The molecule has 1 unspecified atom stereocenters. The minimum atomic E-state index is 0.650. The molecule has 72 valence electrons. The van der Waals surface area contributed by atoms with Gasteiger partial charge in [-0.25, -0.2) is 0 Å². The molecule has 1 aliphatic carbocycles. The summed E-state index contributed by atoms with van der Waals surface area (Å²) < 4.78 is 0. The standard InChI is InChI=1S/C10H17N3/c1-8(9-3-2-4-9)11-7-10-5-6-12-13-10/h5-6,8-9,11H,2-4,7H2,1H3,(H,12,13). The molecule has 3 heteroatoms. The highest BCUT2D eigenvalue weighted by atomic mass is 15.1. The molecule has 1 saturated carbocycles. The molecule has 1 aliphatic rings. The first-order valence-electron chi connectivity index (χ1n) is 5.08. The smallest absolute Gasteiger partial charge is 0.0490 e. The fraction of sp³-hybridized carbons (Fsp3) is 0.700. The number of nitrogens with zero attached hydrogens (tertiary/aromatic N) is 1. The van der Waals surface area contributed by atoms with Crippen LogP contribution >= 0.6 is 0 Å². The summed E-state index contributed by atoms with van der Waals surface area (Å²) in [5.74, 6) is 0.905. The summed E-state index contributed by atoms with van der Waals surface area (Å²) in [6, 6.07) is 2.66. The zero-order valence-corrected chi connectivity index (χ0v) is 8.09. The van der Waals surface area contributed by atoms with Crippen LogP contribution in [0.2, 0.25) is 0 Å². The molecule has 0 amide bonds. The predicted molar refractivity (Wildman–Crippen MR) is 52.2 cm³/mol. The van der Waals surface area contributed by atoms with E-state index in [9.17, 15) is 0 Å². The van der Waals surface area contributed by atoms with E-state index in [1.165, 1.54) is 25.0 Å². The second-order valence-electron chi connectivity index (χ2n) is 3.94. The number of aromatic nitrogens is 2. The average Bonchev–Trinajstić information content (AvgIpc) is 2.49. The Hall–Kier alpha value is -0.830. The summed E-state index contributed by atoms with van der Waals surface area (Å²) in [5, 5.41) is 10.4. The van der Waals surface area contributed by atoms with E-state index < -0.39 is 0 Å². The molecule has 0 saturated heterocycles. The molecule has 1 heterocycles. The molecular formula is C10H17N3. The average molecular weight is 179 g/mol. The Kier molecular flexibility index (Phi) is 2.64. The van der Waals surface area contributed by atoms with Crippen molar-refractivity contribution in [3.8, 4) is 0 Å². The van der Waals surface area contributed by atoms with E-state index in [1.807, 2.05) is 6.07 Å². The van der Waals surface area contributed by atoms with E-state index >= 15 is 0 Å². The molecule has 2 rings (SSSR count). The quantitative estimate of drug-likeness (QED) is 0.738. The lowest BCUT2D eigenvalue weighted by atomic mass is 9.80. The number of aromatic amines is 1. The predicted octanol–water partition coefficient (Wildman–Crippen LogP) is 1.69. The summed E-state index contributed by atoms with van der Waals surface area (Å²) in [6.45, 7) is 3.19. The third kappa shape index (κ3) is 2.10. The van der Waals surface area contributed by atoms with E-state index in [4.69, 9.17) is 0 Å². The van der Waals surface area contributed by atoms with Crippen LogP contribution in [0.3, 0.4) is 0 Å². The minimum absolute atomic E-state index is 0.650. The summed E-state index contributed by atoms with van der Waals surface area (Å²) in [7, 11) is 0. The lowest BCUT2D eigenvalue weighted by Gasteiger charge is -2.31. The highest BCUT2D eigenvalue weighted by molar-refractivity contribution is 4.97. The Morgan fingerprint density at radius 1 is 1.69 bits per heavy atom. The Morgan fingerprint density at radius 2 is 2.54 bits per heavy atom. The van der Waals surface area contributed by atoms with Gasteiger partial charge in [0.1, 0.15) is 0 Å². The molecule has 1 atom stereocenters. The van der Waals surface area contributed by atoms with Gasteiger partial charge in [-0.15, -0.1) is 0 Å². The number of H-pyrrole nitrogens is 1. The van der Waals surface area contributed by atoms with Crippen molar-refractivity contribution < 1.29 is 0 Å². The van der Waals surface area contributed by atoms with Crippen molar-refractivity contribution in [2.75, 3.05) is 0 Å². The summed E-state index contributed by atoms with van der Waals surface area (Å²) in [5.41, 5.74) is 1.17. The van der Waals surface area contributed by atoms with Gasteiger partial charge in [0.2, 0.25) is 0 Å². The van der Waals surface area contributed by atoms with Crippen molar-refractivity contribution >= 4 is 0 Å². The molecule has 0 aliphatic heterocycles. The molecule has 13 heavy (non-hydrogen) atoms. The number of rotatable bonds is 4. The van der Waals surface area contributed by atoms with Crippen molar-refractivity contribution in [3.05, 3.63) is 18.0 Å². The zero-order chi connectivity index (χ0) is 9.10. The van der Waals surface area contributed by atoms with Crippen LogP contribution < -0.4 is 5.32 Å². The molecule has 2 N–H and O–H groups in total. The van der Waals surface area contributed by atoms with Crippen molar-refractivity contribution in [1.29, 1.82) is 0 Å². The Labute approximate surface area is 78.9 Å². The van der Waals surface area contributed by atoms with E-state index in [1.54, 1.807) is 6.20 Å². The van der Waals surface area contributed by atoms with Gasteiger partial charge in [0.25, 0.3) is 0 Å². The fourth-order valence-corrected chi connectivity index (χ4v) is 1.76. The number of nitrogens with one attached hydrogen (secondary N) is 2. The highest BCUT2D eigenvalue weighted by Crippen LogP contribution is 2.29. The van der Waals surface area contributed by atoms with Crippen LogP contribution in [-0.4, -0.2) is 16.2 Å². The fourth-order valence-electron chi connectivity index (χ4n) is 1.76. The van der Waals surface area contributed by atoms with E-state index in [0.717, 1.165) is 12.5 Å². The number of hydrogen-bond donors (Lipinski definition) is 2. The van der Waals surface area contributed by atoms with Crippen LogP contribution in [0.4, 0.5) is 0 Å². The van der Waals surface area contributed by atoms with Crippen molar-refractivity contribution in [2.45, 2.75) is 38.8 Å². The van der Waals surface area contributed by atoms with Crippen molar-refractivity contribution in [2.24, 2.45) is 5.92 Å². The van der Waals surface area contributed by atoms with E-state index in [2.05, 4.69) is 22.4 Å². The molecule has 0 spiro atoms. The minimum Gasteiger partial charge on any atom is -0.308 e. The molecule has 0 aromatic carbocycles. The van der Waals surface area contributed by atoms with E-state index in [-0.39, 0.29) is 0 Å². The van der Waals surface area contributed by atoms with Crippen LogP contribution in [0.1, 0.15) is 31.9 Å². The van der Waals surface area contributed by atoms with Gasteiger partial charge in [-0.3, -0.25) is 5.10 Å². The summed E-state index contributed by atoms with van der Waals surface area (Å²) in [6.07, 6.45) is 6.01. The van der Waals surface area contributed by atoms with Gasteiger partial charge in [-0.05, 0) is 31.7 Å². The van der Waals surface area contributed by atoms with Gasteiger partial charge in [-0.2, -0.15) is 5.10 Å². The maximum absolute atomic E-state index is 3.91. The Balaban J connectivity index is 1.72. The zero-order valence-electron chi connectivity index (χ0n) is 8.09. The Morgan fingerprint density at radius 3 is 3.08 bits per heavy atom. The Bertz CT molecular complexity index is 239. The second kappa shape index (κ2) is 3.92.